The summed E-state index contributed by atoms with van der Waals surface area (Å²) in [5, 5.41) is 2.96. The van der Waals surface area contributed by atoms with Crippen molar-refractivity contribution in [3.05, 3.63) is 6.92 Å². The van der Waals surface area contributed by atoms with E-state index in [0.29, 0.717) is 6.54 Å². The molecule has 0 atom stereocenters. The Balaban J connectivity index is 0. The van der Waals surface area contributed by atoms with Gasteiger partial charge in [-0.3, -0.25) is 0 Å². The monoisotopic (exact) mass is 111 g/mol. The molecule has 0 aromatic carbocycles. The summed E-state index contributed by atoms with van der Waals surface area (Å²) < 4.78 is 0. The maximum absolute atomic E-state index is 5.12. The molecular weight excluding hydrogens is 99.0 g/mol. The first-order chi connectivity index (χ1) is 2.91. The van der Waals surface area contributed by atoms with Crippen molar-refractivity contribution in [2.24, 2.45) is 5.73 Å². The van der Waals surface area contributed by atoms with E-state index in [0.717, 1.165) is 13.1 Å². The zero-order valence-corrected chi connectivity index (χ0v) is 3.91. The molecule has 3 N–H and O–H groups in total. The van der Waals surface area contributed by atoms with E-state index in [1.807, 2.05) is 0 Å². The molecule has 39 valence electrons. The summed E-state index contributed by atoms with van der Waals surface area (Å²) in [4.78, 5) is 0. The van der Waals surface area contributed by atoms with Crippen LogP contribution < -0.4 is 11.1 Å². The molecule has 0 saturated carbocycles. The minimum atomic E-state index is 0. The van der Waals surface area contributed by atoms with E-state index in [2.05, 4.69) is 12.2 Å². The van der Waals surface area contributed by atoms with E-state index in [4.69, 9.17) is 5.73 Å². The van der Waals surface area contributed by atoms with Gasteiger partial charge in [-0.1, -0.05) is 0 Å². The molecule has 0 spiro atoms. The van der Waals surface area contributed by atoms with Crippen molar-refractivity contribution < 1.29 is 0 Å². The van der Waals surface area contributed by atoms with Crippen molar-refractivity contribution >= 4 is 29.6 Å². The van der Waals surface area contributed by atoms with Crippen LogP contribution in [0.5, 0.6) is 0 Å². The van der Waals surface area contributed by atoms with Crippen molar-refractivity contribution in [3.63, 3.8) is 0 Å². The van der Waals surface area contributed by atoms with E-state index in [9.17, 15) is 0 Å². The minimum absolute atomic E-state index is 0. The number of hydrogen-bond acceptors (Lipinski definition) is 2. The Morgan fingerprint density at radius 1 is 1.57 bits per heavy atom. The van der Waals surface area contributed by atoms with E-state index in [1.165, 1.54) is 0 Å². The molecule has 0 rings (SSSR count). The molecule has 0 bridgehead atoms. The van der Waals surface area contributed by atoms with Gasteiger partial charge < -0.3 is 11.1 Å². The molecule has 0 aliphatic rings. The van der Waals surface area contributed by atoms with Gasteiger partial charge in [-0.25, -0.2) is 0 Å². The third-order valence-corrected chi connectivity index (χ3v) is 0.498. The fourth-order valence-electron chi connectivity index (χ4n) is 0.227. The fourth-order valence-corrected chi connectivity index (χ4v) is 0.227. The predicted octanol–water partition coefficient (Wildman–Crippen LogP) is -1.28. The second kappa shape index (κ2) is 10.0. The Kier molecular flexibility index (Phi) is 15.5. The van der Waals surface area contributed by atoms with Gasteiger partial charge in [0.1, 0.15) is 0 Å². The molecule has 0 aliphatic carbocycles. The van der Waals surface area contributed by atoms with Gasteiger partial charge in [0, 0.05) is 13.1 Å². The Labute approximate surface area is 67.1 Å². The van der Waals surface area contributed by atoms with Gasteiger partial charge in [0.25, 0.3) is 0 Å². The van der Waals surface area contributed by atoms with Gasteiger partial charge in [0.05, 0.1) is 0 Å². The number of nitrogens with one attached hydrogen (secondary N) is 1. The van der Waals surface area contributed by atoms with Crippen molar-refractivity contribution in [3.8, 4) is 0 Å². The van der Waals surface area contributed by atoms with Crippen molar-refractivity contribution in [1.82, 2.24) is 5.32 Å². The predicted molar refractivity (Wildman–Crippen MR) is 34.4 cm³/mol. The fraction of sp³-hybridized carbons (Fsp3) is 0.750. The molecule has 0 fully saturated rings. The molecule has 2 nitrogen and oxygen atoms in total. The van der Waals surface area contributed by atoms with Gasteiger partial charge in [0.15, 0.2) is 0 Å². The second-order valence-electron chi connectivity index (χ2n) is 1.04. The normalized spacial score (nSPS) is 7.71. The Hall–Kier alpha value is 0.920. The third kappa shape index (κ3) is 10.9. The van der Waals surface area contributed by atoms with Crippen LogP contribution in [-0.2, 0) is 0 Å². The van der Waals surface area contributed by atoms with Crippen LogP contribution in [0.2, 0.25) is 0 Å². The van der Waals surface area contributed by atoms with Crippen LogP contribution in [0, 0.1) is 6.92 Å². The summed E-state index contributed by atoms with van der Waals surface area (Å²) in [5.74, 6) is 0. The Bertz CT molecular complexity index is 21.7. The molecule has 0 unspecified atom stereocenters. The van der Waals surface area contributed by atoms with Gasteiger partial charge in [0.2, 0.25) is 0 Å². The van der Waals surface area contributed by atoms with E-state index in [1.54, 1.807) is 0 Å². The SMILES string of the molecule is [CH2]CNCCN.[NaH]. The van der Waals surface area contributed by atoms with Crippen LogP contribution in [0.4, 0.5) is 0 Å². The standard InChI is InChI=1S/C4H11N2.Na.H/c1-2-6-4-3-5;;/h6H,1-5H2;;. The van der Waals surface area contributed by atoms with Gasteiger partial charge in [-0.2, -0.15) is 0 Å². The molecule has 0 saturated heterocycles. The van der Waals surface area contributed by atoms with Crippen LogP contribution in [-0.4, -0.2) is 49.2 Å². The average Bonchev–Trinajstić information content (AvgIpc) is 1.61. The molecule has 3 heteroatoms. The van der Waals surface area contributed by atoms with Crippen LogP contribution in [0.3, 0.4) is 0 Å². The zero-order chi connectivity index (χ0) is 4.83. The summed E-state index contributed by atoms with van der Waals surface area (Å²) in [6.07, 6.45) is 0. The molecule has 1 radical (unpaired) electrons. The van der Waals surface area contributed by atoms with Crippen LogP contribution in [0.1, 0.15) is 0 Å². The summed E-state index contributed by atoms with van der Waals surface area (Å²) in [6.45, 7) is 5.91. The second-order valence-corrected chi connectivity index (χ2v) is 1.04. The maximum atomic E-state index is 5.12. The molecular formula is C4H12N2Na. The summed E-state index contributed by atoms with van der Waals surface area (Å²) in [5.41, 5.74) is 5.12. The van der Waals surface area contributed by atoms with Crippen molar-refractivity contribution in [1.29, 1.82) is 0 Å². The Morgan fingerprint density at radius 3 is 2.29 bits per heavy atom. The van der Waals surface area contributed by atoms with Gasteiger partial charge in [-0.05, 0) is 13.5 Å². The number of nitrogens with two attached hydrogens (primary N) is 1. The first kappa shape index (κ1) is 10.8. The molecule has 0 amide bonds. The van der Waals surface area contributed by atoms with Gasteiger partial charge >= 0.3 is 29.6 Å². The van der Waals surface area contributed by atoms with E-state index in [-0.39, 0.29) is 29.6 Å². The zero-order valence-electron chi connectivity index (χ0n) is 3.91. The molecule has 0 aromatic heterocycles. The van der Waals surface area contributed by atoms with Crippen molar-refractivity contribution in [2.45, 2.75) is 0 Å². The van der Waals surface area contributed by atoms with Crippen LogP contribution in [0.15, 0.2) is 0 Å². The molecule has 0 aliphatic heterocycles. The molecule has 7 heavy (non-hydrogen) atoms. The van der Waals surface area contributed by atoms with E-state index >= 15 is 0 Å². The van der Waals surface area contributed by atoms with Crippen molar-refractivity contribution in [2.75, 3.05) is 19.6 Å². The quantitative estimate of drug-likeness (QED) is 0.351. The Morgan fingerprint density at radius 2 is 2.14 bits per heavy atom. The number of rotatable bonds is 3. The van der Waals surface area contributed by atoms with Crippen LogP contribution in [0.25, 0.3) is 0 Å². The average molecular weight is 111 g/mol. The topological polar surface area (TPSA) is 38.0 Å². The third-order valence-electron chi connectivity index (χ3n) is 0.498. The summed E-state index contributed by atoms with van der Waals surface area (Å²) in [7, 11) is 0. The summed E-state index contributed by atoms with van der Waals surface area (Å²) >= 11 is 0. The molecule has 0 heterocycles. The first-order valence-electron chi connectivity index (χ1n) is 2.12. The summed E-state index contributed by atoms with van der Waals surface area (Å²) in [6, 6.07) is 0. The molecule has 0 aromatic rings. The first-order valence-corrected chi connectivity index (χ1v) is 2.12. The number of hydrogen-bond donors (Lipinski definition) is 2. The van der Waals surface area contributed by atoms with Crippen LogP contribution >= 0.6 is 0 Å². The van der Waals surface area contributed by atoms with Gasteiger partial charge in [-0.15, -0.1) is 0 Å². The van der Waals surface area contributed by atoms with E-state index < -0.39 is 0 Å².